The minimum absolute atomic E-state index is 0.0111. The molecule has 2 unspecified atom stereocenters. The van der Waals surface area contributed by atoms with Gasteiger partial charge in [-0.15, -0.1) is 0 Å². The van der Waals surface area contributed by atoms with Crippen molar-refractivity contribution in [3.05, 3.63) is 0 Å². The molecule has 0 aliphatic carbocycles. The number of hydrogen-bond acceptors (Lipinski definition) is 2. The molecule has 0 spiro atoms. The van der Waals surface area contributed by atoms with Crippen molar-refractivity contribution >= 4 is 21.8 Å². The molecule has 1 aliphatic rings. The zero-order valence-corrected chi connectivity index (χ0v) is 9.69. The van der Waals surface area contributed by atoms with Gasteiger partial charge in [0.1, 0.15) is 5.60 Å². The van der Waals surface area contributed by atoms with Gasteiger partial charge in [-0.1, -0.05) is 15.9 Å². The third kappa shape index (κ3) is 2.68. The predicted octanol–water partition coefficient (Wildman–Crippen LogP) is 1.46. The van der Waals surface area contributed by atoms with Gasteiger partial charge in [-0.2, -0.15) is 0 Å². The fourth-order valence-corrected chi connectivity index (χ4v) is 1.54. The Balaban J connectivity index is 2.46. The molecular weight excluding hydrogens is 234 g/mol. The second kappa shape index (κ2) is 4.42. The van der Waals surface area contributed by atoms with Crippen LogP contribution in [0.25, 0.3) is 0 Å². The van der Waals surface area contributed by atoms with Crippen LogP contribution in [-0.2, 0) is 9.53 Å². The maximum absolute atomic E-state index is 11.7. The topological polar surface area (TPSA) is 38.3 Å². The van der Waals surface area contributed by atoms with E-state index in [1.807, 2.05) is 13.8 Å². The minimum Gasteiger partial charge on any atom is -0.365 e. The molecule has 0 saturated carbocycles. The standard InChI is InChI=1S/C9H16BrNO2/c1-7(6-10)11-8(12)9(2)4-3-5-13-9/h7H,3-6H2,1-2H3,(H,11,12). The Bertz CT molecular complexity index is 190. The van der Waals surface area contributed by atoms with Crippen molar-refractivity contribution in [3.63, 3.8) is 0 Å². The number of amides is 1. The maximum Gasteiger partial charge on any atom is 0.252 e. The Morgan fingerprint density at radius 2 is 2.46 bits per heavy atom. The molecule has 0 aromatic carbocycles. The van der Waals surface area contributed by atoms with Crippen LogP contribution in [0.4, 0.5) is 0 Å². The second-order valence-corrected chi connectivity index (χ2v) is 4.36. The van der Waals surface area contributed by atoms with Gasteiger partial charge in [-0.05, 0) is 26.7 Å². The highest BCUT2D eigenvalue weighted by molar-refractivity contribution is 9.09. The lowest BCUT2D eigenvalue weighted by Gasteiger charge is -2.23. The molecule has 2 atom stereocenters. The average molecular weight is 250 g/mol. The summed E-state index contributed by atoms with van der Waals surface area (Å²) in [5.41, 5.74) is -0.587. The molecule has 0 radical (unpaired) electrons. The molecule has 1 rings (SSSR count). The number of ether oxygens (including phenoxy) is 1. The Hall–Kier alpha value is -0.0900. The van der Waals surface area contributed by atoms with E-state index in [9.17, 15) is 4.79 Å². The zero-order chi connectivity index (χ0) is 9.90. The smallest absolute Gasteiger partial charge is 0.252 e. The van der Waals surface area contributed by atoms with Gasteiger partial charge in [0.2, 0.25) is 0 Å². The van der Waals surface area contributed by atoms with Crippen molar-refractivity contribution in [1.29, 1.82) is 0 Å². The van der Waals surface area contributed by atoms with E-state index in [4.69, 9.17) is 4.74 Å². The summed E-state index contributed by atoms with van der Waals surface area (Å²) in [5.74, 6) is 0.0111. The van der Waals surface area contributed by atoms with Gasteiger partial charge in [-0.3, -0.25) is 4.79 Å². The van der Waals surface area contributed by atoms with Crippen LogP contribution in [0.2, 0.25) is 0 Å². The molecule has 1 saturated heterocycles. The van der Waals surface area contributed by atoms with Crippen molar-refractivity contribution in [2.45, 2.75) is 38.3 Å². The highest BCUT2D eigenvalue weighted by Crippen LogP contribution is 2.25. The summed E-state index contributed by atoms with van der Waals surface area (Å²) in [7, 11) is 0. The zero-order valence-electron chi connectivity index (χ0n) is 8.10. The van der Waals surface area contributed by atoms with E-state index in [0.29, 0.717) is 6.61 Å². The van der Waals surface area contributed by atoms with E-state index in [1.54, 1.807) is 0 Å². The first-order valence-corrected chi connectivity index (χ1v) is 5.71. The molecule has 76 valence electrons. The number of rotatable bonds is 3. The maximum atomic E-state index is 11.7. The van der Waals surface area contributed by atoms with Crippen LogP contribution in [0.15, 0.2) is 0 Å². The van der Waals surface area contributed by atoms with E-state index < -0.39 is 5.60 Å². The monoisotopic (exact) mass is 249 g/mol. The van der Waals surface area contributed by atoms with Gasteiger partial charge < -0.3 is 10.1 Å². The Kier molecular flexibility index (Phi) is 3.74. The van der Waals surface area contributed by atoms with E-state index in [2.05, 4.69) is 21.2 Å². The number of halogens is 1. The highest BCUT2D eigenvalue weighted by Gasteiger charge is 2.37. The first kappa shape index (κ1) is 11.0. The van der Waals surface area contributed by atoms with E-state index in [0.717, 1.165) is 18.2 Å². The molecule has 1 N–H and O–H groups in total. The summed E-state index contributed by atoms with van der Waals surface area (Å²) in [5, 5.41) is 3.67. The lowest BCUT2D eigenvalue weighted by molar-refractivity contribution is -0.140. The van der Waals surface area contributed by atoms with Crippen LogP contribution < -0.4 is 5.32 Å². The fourth-order valence-electron chi connectivity index (χ4n) is 1.37. The van der Waals surface area contributed by atoms with Gasteiger partial charge >= 0.3 is 0 Å². The SMILES string of the molecule is CC(CBr)NC(=O)C1(C)CCCO1. The molecular formula is C9H16BrNO2. The number of alkyl halides is 1. The molecule has 1 fully saturated rings. The molecule has 1 aliphatic heterocycles. The number of nitrogens with one attached hydrogen (secondary N) is 1. The Morgan fingerprint density at radius 3 is 2.92 bits per heavy atom. The van der Waals surface area contributed by atoms with Crippen molar-refractivity contribution < 1.29 is 9.53 Å². The number of carbonyl (C=O) groups excluding carboxylic acids is 1. The Morgan fingerprint density at radius 1 is 1.77 bits per heavy atom. The van der Waals surface area contributed by atoms with Gasteiger partial charge in [-0.25, -0.2) is 0 Å². The van der Waals surface area contributed by atoms with Crippen LogP contribution in [0, 0.1) is 0 Å². The molecule has 1 amide bonds. The molecule has 1 heterocycles. The predicted molar refractivity (Wildman–Crippen MR) is 55.0 cm³/mol. The molecule has 3 nitrogen and oxygen atoms in total. The van der Waals surface area contributed by atoms with Crippen molar-refractivity contribution in [2.24, 2.45) is 0 Å². The highest BCUT2D eigenvalue weighted by atomic mass is 79.9. The summed E-state index contributed by atoms with van der Waals surface area (Å²) in [6.45, 7) is 4.52. The molecule has 13 heavy (non-hydrogen) atoms. The van der Waals surface area contributed by atoms with E-state index in [1.165, 1.54) is 0 Å². The number of hydrogen-bond donors (Lipinski definition) is 1. The van der Waals surface area contributed by atoms with Crippen LogP contribution in [0.5, 0.6) is 0 Å². The Labute approximate surface area is 87.3 Å². The van der Waals surface area contributed by atoms with E-state index in [-0.39, 0.29) is 11.9 Å². The second-order valence-electron chi connectivity index (χ2n) is 3.71. The average Bonchev–Trinajstić information content (AvgIpc) is 2.53. The fraction of sp³-hybridized carbons (Fsp3) is 0.889. The van der Waals surface area contributed by atoms with Crippen LogP contribution in [-0.4, -0.2) is 29.5 Å². The van der Waals surface area contributed by atoms with Gasteiger partial charge in [0.15, 0.2) is 0 Å². The largest absolute Gasteiger partial charge is 0.365 e. The molecule has 0 aromatic heterocycles. The third-order valence-electron chi connectivity index (χ3n) is 2.31. The van der Waals surface area contributed by atoms with Crippen LogP contribution in [0.3, 0.4) is 0 Å². The summed E-state index contributed by atoms with van der Waals surface area (Å²) in [6.07, 6.45) is 1.81. The summed E-state index contributed by atoms with van der Waals surface area (Å²) < 4.78 is 5.42. The molecule has 0 aromatic rings. The lowest BCUT2D eigenvalue weighted by atomic mass is 10.0. The minimum atomic E-state index is -0.587. The van der Waals surface area contributed by atoms with Crippen molar-refractivity contribution in [1.82, 2.24) is 5.32 Å². The summed E-state index contributed by atoms with van der Waals surface area (Å²) in [6, 6.07) is 0.161. The molecule has 0 bridgehead atoms. The molecule has 4 heteroatoms. The number of carbonyl (C=O) groups is 1. The van der Waals surface area contributed by atoms with Gasteiger partial charge in [0.05, 0.1) is 0 Å². The van der Waals surface area contributed by atoms with Crippen LogP contribution in [0.1, 0.15) is 26.7 Å². The summed E-state index contributed by atoms with van der Waals surface area (Å²) >= 11 is 3.31. The van der Waals surface area contributed by atoms with Crippen molar-refractivity contribution in [2.75, 3.05) is 11.9 Å². The quantitative estimate of drug-likeness (QED) is 0.770. The van der Waals surface area contributed by atoms with Gasteiger partial charge in [0.25, 0.3) is 5.91 Å². The van der Waals surface area contributed by atoms with E-state index >= 15 is 0 Å². The first-order chi connectivity index (χ1) is 6.08. The summed E-state index contributed by atoms with van der Waals surface area (Å²) in [4.78, 5) is 11.7. The first-order valence-electron chi connectivity index (χ1n) is 4.59. The normalized spacial score (nSPS) is 30.1. The lowest BCUT2D eigenvalue weighted by Crippen LogP contribution is -2.47. The third-order valence-corrected chi connectivity index (χ3v) is 3.28. The van der Waals surface area contributed by atoms with Crippen molar-refractivity contribution in [3.8, 4) is 0 Å². The van der Waals surface area contributed by atoms with Crippen LogP contribution >= 0.6 is 15.9 Å². The van der Waals surface area contributed by atoms with Gasteiger partial charge in [0, 0.05) is 18.0 Å².